The van der Waals surface area contributed by atoms with Crippen LogP contribution in [0.15, 0.2) is 53.1 Å². The highest BCUT2D eigenvalue weighted by Crippen LogP contribution is 2.23. The Labute approximate surface area is 121 Å². The van der Waals surface area contributed by atoms with Gasteiger partial charge in [-0.15, -0.1) is 0 Å². The molecule has 1 aromatic heterocycles. The van der Waals surface area contributed by atoms with Gasteiger partial charge in [-0.25, -0.2) is 8.78 Å². The van der Waals surface area contributed by atoms with E-state index in [0.29, 0.717) is 6.54 Å². The predicted molar refractivity (Wildman–Crippen MR) is 77.8 cm³/mol. The molecule has 0 aliphatic rings. The zero-order valence-corrected chi connectivity index (χ0v) is 11.6. The standard InChI is InChI=1S/C17H15F2NO/c1-11(17-14(18)6-4-7-15(17)19)20-9-12-10-21-16-8-3-2-5-13(12)16/h2-8,10-11,20H,9H2,1H3. The third kappa shape index (κ3) is 2.67. The average molecular weight is 287 g/mol. The van der Waals surface area contributed by atoms with Gasteiger partial charge >= 0.3 is 0 Å². The molecule has 2 aromatic carbocycles. The molecule has 1 unspecified atom stereocenters. The van der Waals surface area contributed by atoms with E-state index in [-0.39, 0.29) is 5.56 Å². The number of halogens is 2. The maximum atomic E-state index is 13.7. The molecule has 0 aliphatic heterocycles. The first-order chi connectivity index (χ1) is 10.2. The number of furan rings is 1. The molecule has 0 bridgehead atoms. The number of hydrogen-bond donors (Lipinski definition) is 1. The van der Waals surface area contributed by atoms with E-state index in [1.165, 1.54) is 18.2 Å². The molecule has 4 heteroatoms. The second-order valence-electron chi connectivity index (χ2n) is 5.00. The number of hydrogen-bond acceptors (Lipinski definition) is 2. The predicted octanol–water partition coefficient (Wildman–Crippen LogP) is 4.56. The molecule has 3 rings (SSSR count). The molecule has 0 radical (unpaired) electrons. The van der Waals surface area contributed by atoms with Crippen LogP contribution >= 0.6 is 0 Å². The highest BCUT2D eigenvalue weighted by molar-refractivity contribution is 5.80. The Morgan fingerprint density at radius 1 is 1.05 bits per heavy atom. The van der Waals surface area contributed by atoms with Crippen LogP contribution in [0.4, 0.5) is 8.78 Å². The van der Waals surface area contributed by atoms with Crippen LogP contribution in [0.1, 0.15) is 24.1 Å². The normalized spacial score (nSPS) is 12.7. The Balaban J connectivity index is 1.78. The Bertz CT molecular complexity index is 746. The van der Waals surface area contributed by atoms with Crippen LogP contribution in [-0.4, -0.2) is 0 Å². The van der Waals surface area contributed by atoms with E-state index < -0.39 is 17.7 Å². The van der Waals surface area contributed by atoms with E-state index in [0.717, 1.165) is 16.5 Å². The molecule has 108 valence electrons. The summed E-state index contributed by atoms with van der Waals surface area (Å²) in [5, 5.41) is 4.14. The second kappa shape index (κ2) is 5.66. The average Bonchev–Trinajstić information content (AvgIpc) is 2.88. The summed E-state index contributed by atoms with van der Waals surface area (Å²) in [7, 11) is 0. The molecular weight excluding hydrogens is 272 g/mol. The van der Waals surface area contributed by atoms with Gasteiger partial charge in [0.15, 0.2) is 0 Å². The maximum absolute atomic E-state index is 13.7. The van der Waals surface area contributed by atoms with Gasteiger partial charge in [-0.2, -0.15) is 0 Å². The largest absolute Gasteiger partial charge is 0.464 e. The van der Waals surface area contributed by atoms with Gasteiger partial charge in [0.1, 0.15) is 17.2 Å². The van der Waals surface area contributed by atoms with Crippen molar-refractivity contribution in [2.75, 3.05) is 0 Å². The first-order valence-electron chi connectivity index (χ1n) is 6.79. The number of rotatable bonds is 4. The van der Waals surface area contributed by atoms with Crippen LogP contribution in [0, 0.1) is 11.6 Å². The van der Waals surface area contributed by atoms with Crippen LogP contribution in [0.3, 0.4) is 0 Å². The molecule has 1 heterocycles. The first kappa shape index (κ1) is 13.8. The molecule has 2 nitrogen and oxygen atoms in total. The minimum Gasteiger partial charge on any atom is -0.464 e. The lowest BCUT2D eigenvalue weighted by atomic mass is 10.1. The van der Waals surface area contributed by atoms with Crippen LogP contribution in [0.25, 0.3) is 11.0 Å². The SMILES string of the molecule is CC(NCc1coc2ccccc12)c1c(F)cccc1F. The van der Waals surface area contributed by atoms with Crippen molar-refractivity contribution in [3.05, 3.63) is 71.5 Å². The summed E-state index contributed by atoms with van der Waals surface area (Å²) in [6.45, 7) is 2.22. The summed E-state index contributed by atoms with van der Waals surface area (Å²) in [5.74, 6) is -1.07. The summed E-state index contributed by atoms with van der Waals surface area (Å²) in [4.78, 5) is 0. The molecule has 0 amide bonds. The molecule has 1 atom stereocenters. The number of benzene rings is 2. The van der Waals surface area contributed by atoms with Crippen molar-refractivity contribution in [1.82, 2.24) is 5.32 Å². The number of para-hydroxylation sites is 1. The summed E-state index contributed by atoms with van der Waals surface area (Å²) in [6.07, 6.45) is 1.67. The number of nitrogens with one attached hydrogen (secondary N) is 1. The second-order valence-corrected chi connectivity index (χ2v) is 5.00. The molecule has 0 spiro atoms. The van der Waals surface area contributed by atoms with Crippen molar-refractivity contribution < 1.29 is 13.2 Å². The zero-order valence-electron chi connectivity index (χ0n) is 11.6. The molecule has 3 aromatic rings. The molecule has 21 heavy (non-hydrogen) atoms. The Morgan fingerprint density at radius 3 is 2.52 bits per heavy atom. The van der Waals surface area contributed by atoms with Gasteiger partial charge < -0.3 is 9.73 Å². The van der Waals surface area contributed by atoms with Gasteiger partial charge in [0.25, 0.3) is 0 Å². The summed E-state index contributed by atoms with van der Waals surface area (Å²) in [5.41, 5.74) is 1.83. The van der Waals surface area contributed by atoms with E-state index >= 15 is 0 Å². The Morgan fingerprint density at radius 2 is 1.76 bits per heavy atom. The monoisotopic (exact) mass is 287 g/mol. The fraction of sp³-hybridized carbons (Fsp3) is 0.176. The van der Waals surface area contributed by atoms with Crippen molar-refractivity contribution in [2.45, 2.75) is 19.5 Å². The van der Waals surface area contributed by atoms with E-state index in [1.54, 1.807) is 13.2 Å². The molecule has 0 aliphatic carbocycles. The molecule has 0 saturated carbocycles. The van der Waals surface area contributed by atoms with Crippen molar-refractivity contribution in [2.24, 2.45) is 0 Å². The van der Waals surface area contributed by atoms with Gasteiger partial charge in [-0.05, 0) is 25.1 Å². The molecule has 0 saturated heterocycles. The van der Waals surface area contributed by atoms with E-state index in [2.05, 4.69) is 5.32 Å². The fourth-order valence-electron chi connectivity index (χ4n) is 2.46. The molecule has 0 fully saturated rings. The van der Waals surface area contributed by atoms with Crippen molar-refractivity contribution in [1.29, 1.82) is 0 Å². The third-order valence-corrected chi connectivity index (χ3v) is 3.59. The van der Waals surface area contributed by atoms with Crippen molar-refractivity contribution >= 4 is 11.0 Å². The van der Waals surface area contributed by atoms with Gasteiger partial charge in [0.05, 0.1) is 6.26 Å². The minimum atomic E-state index is -0.535. The van der Waals surface area contributed by atoms with E-state index in [1.807, 2.05) is 24.3 Å². The van der Waals surface area contributed by atoms with Crippen molar-refractivity contribution in [3.63, 3.8) is 0 Å². The van der Waals surface area contributed by atoms with Crippen LogP contribution in [0.5, 0.6) is 0 Å². The van der Waals surface area contributed by atoms with E-state index in [9.17, 15) is 8.78 Å². The summed E-state index contributed by atoms with van der Waals surface area (Å²) in [6, 6.07) is 11.2. The van der Waals surface area contributed by atoms with Gasteiger partial charge in [0.2, 0.25) is 0 Å². The summed E-state index contributed by atoms with van der Waals surface area (Å²) >= 11 is 0. The third-order valence-electron chi connectivity index (χ3n) is 3.59. The van der Waals surface area contributed by atoms with Crippen LogP contribution in [0.2, 0.25) is 0 Å². The summed E-state index contributed by atoms with van der Waals surface area (Å²) < 4.78 is 32.9. The molecule has 1 N–H and O–H groups in total. The van der Waals surface area contributed by atoms with Gasteiger partial charge in [-0.1, -0.05) is 24.3 Å². The fourth-order valence-corrected chi connectivity index (χ4v) is 2.46. The zero-order chi connectivity index (χ0) is 14.8. The highest BCUT2D eigenvalue weighted by Gasteiger charge is 2.16. The lowest BCUT2D eigenvalue weighted by molar-refractivity contribution is 0.486. The van der Waals surface area contributed by atoms with Crippen molar-refractivity contribution in [3.8, 4) is 0 Å². The highest BCUT2D eigenvalue weighted by atomic mass is 19.1. The van der Waals surface area contributed by atoms with Gasteiger partial charge in [-0.3, -0.25) is 0 Å². The number of fused-ring (bicyclic) bond motifs is 1. The maximum Gasteiger partial charge on any atom is 0.134 e. The first-order valence-corrected chi connectivity index (χ1v) is 6.79. The quantitative estimate of drug-likeness (QED) is 0.761. The van der Waals surface area contributed by atoms with E-state index in [4.69, 9.17) is 4.42 Å². The topological polar surface area (TPSA) is 25.2 Å². The minimum absolute atomic E-state index is 0.0605. The van der Waals surface area contributed by atoms with Crippen LogP contribution < -0.4 is 5.32 Å². The van der Waals surface area contributed by atoms with Gasteiger partial charge in [0, 0.05) is 29.1 Å². The molecular formula is C17H15F2NO. The lowest BCUT2D eigenvalue weighted by Crippen LogP contribution is -2.20. The van der Waals surface area contributed by atoms with Crippen LogP contribution in [-0.2, 0) is 6.54 Å². The smallest absolute Gasteiger partial charge is 0.134 e. The lowest BCUT2D eigenvalue weighted by Gasteiger charge is -2.15. The Kier molecular flexibility index (Phi) is 3.71. The Hall–Kier alpha value is -2.20.